The molecule has 3 rings (SSSR count). The molecule has 1 amide bonds. The minimum atomic E-state index is -4.48. The lowest BCUT2D eigenvalue weighted by Crippen LogP contribution is -2.21. The molecule has 0 atom stereocenters. The average Bonchev–Trinajstić information content (AvgIpc) is 3.16. The number of aryl methyl sites for hydroxylation is 2. The number of amides is 1. The van der Waals surface area contributed by atoms with Crippen LogP contribution in [0.4, 0.5) is 18.9 Å². The van der Waals surface area contributed by atoms with Crippen LogP contribution in [0.1, 0.15) is 11.1 Å². The number of benzene rings is 2. The molecule has 1 N–H and O–H groups in total. The Morgan fingerprint density at radius 3 is 2.71 bits per heavy atom. The Balaban J connectivity index is 1.67. The maximum absolute atomic E-state index is 12.5. The Hall–Kier alpha value is -2.72. The average molecular weight is 471 g/mol. The van der Waals surface area contributed by atoms with E-state index in [0.29, 0.717) is 15.7 Å². The molecule has 0 aliphatic carbocycles. The molecule has 6 nitrogen and oxygen atoms in total. The molecule has 0 saturated heterocycles. The number of nitrogens with zero attached hydrogens (tertiary/aromatic N) is 3. The molecule has 0 aliphatic heterocycles. The van der Waals surface area contributed by atoms with Crippen molar-refractivity contribution in [2.45, 2.75) is 25.2 Å². The van der Waals surface area contributed by atoms with E-state index in [0.717, 1.165) is 23.0 Å². The molecule has 164 valence electrons. The fourth-order valence-electron chi connectivity index (χ4n) is 2.56. The number of carbonyl (C=O) groups is 1. The first-order valence-corrected chi connectivity index (χ1v) is 10.4. The molecule has 0 fully saturated rings. The van der Waals surface area contributed by atoms with Gasteiger partial charge in [-0.05, 0) is 49.2 Å². The van der Waals surface area contributed by atoms with Crippen LogP contribution in [0.3, 0.4) is 0 Å². The number of thioether (sulfide) groups is 1. The van der Waals surface area contributed by atoms with E-state index in [-0.39, 0.29) is 17.2 Å². The van der Waals surface area contributed by atoms with E-state index in [1.54, 1.807) is 23.6 Å². The summed E-state index contributed by atoms with van der Waals surface area (Å²) in [6.07, 6.45) is -2.98. The second-order valence-corrected chi connectivity index (χ2v) is 8.01. The van der Waals surface area contributed by atoms with E-state index in [2.05, 4.69) is 15.5 Å². The minimum absolute atomic E-state index is 0.0368. The highest BCUT2D eigenvalue weighted by Crippen LogP contribution is 2.29. The normalized spacial score (nSPS) is 11.4. The predicted molar refractivity (Wildman–Crippen MR) is 113 cm³/mol. The summed E-state index contributed by atoms with van der Waals surface area (Å²) >= 11 is 7.30. The monoisotopic (exact) mass is 470 g/mol. The van der Waals surface area contributed by atoms with E-state index in [1.165, 1.54) is 18.5 Å². The van der Waals surface area contributed by atoms with Crippen LogP contribution in [-0.2, 0) is 4.79 Å². The summed E-state index contributed by atoms with van der Waals surface area (Å²) < 4.78 is 44.0. The molecule has 31 heavy (non-hydrogen) atoms. The van der Waals surface area contributed by atoms with Crippen LogP contribution in [0.25, 0.3) is 5.69 Å². The SMILES string of the molecule is Cc1ccc(NC(=O)CSc2nncn2-c2ccc(C)c(Cl)c2)c(OCC(F)(F)F)c1. The van der Waals surface area contributed by atoms with Gasteiger partial charge in [-0.2, -0.15) is 13.2 Å². The van der Waals surface area contributed by atoms with Crippen molar-refractivity contribution in [3.8, 4) is 11.4 Å². The summed E-state index contributed by atoms with van der Waals surface area (Å²) in [7, 11) is 0. The molecule has 0 bridgehead atoms. The number of nitrogens with one attached hydrogen (secondary N) is 1. The lowest BCUT2D eigenvalue weighted by atomic mass is 10.2. The molecule has 0 unspecified atom stereocenters. The third-order valence-electron chi connectivity index (χ3n) is 4.08. The zero-order valence-electron chi connectivity index (χ0n) is 16.5. The lowest BCUT2D eigenvalue weighted by molar-refractivity contribution is -0.153. The van der Waals surface area contributed by atoms with Gasteiger partial charge in [-0.15, -0.1) is 10.2 Å². The van der Waals surface area contributed by atoms with E-state index >= 15 is 0 Å². The van der Waals surface area contributed by atoms with Gasteiger partial charge in [-0.3, -0.25) is 9.36 Å². The summed E-state index contributed by atoms with van der Waals surface area (Å²) in [5, 5.41) is 11.5. The Kier molecular flexibility index (Phi) is 7.11. The molecule has 0 radical (unpaired) electrons. The maximum Gasteiger partial charge on any atom is 0.422 e. The summed E-state index contributed by atoms with van der Waals surface area (Å²) in [5.41, 5.74) is 2.53. The number of alkyl halides is 3. The number of hydrogen-bond acceptors (Lipinski definition) is 5. The van der Waals surface area contributed by atoms with Gasteiger partial charge in [0.05, 0.1) is 17.1 Å². The lowest BCUT2D eigenvalue weighted by Gasteiger charge is -2.14. The van der Waals surface area contributed by atoms with Gasteiger partial charge in [0.25, 0.3) is 0 Å². The predicted octanol–water partition coefficient (Wildman–Crippen LogP) is 5.21. The van der Waals surface area contributed by atoms with Crippen LogP contribution in [0, 0.1) is 13.8 Å². The van der Waals surface area contributed by atoms with E-state index in [1.807, 2.05) is 19.1 Å². The molecule has 0 aliphatic rings. The molecule has 3 aromatic rings. The van der Waals surface area contributed by atoms with Gasteiger partial charge in [-0.1, -0.05) is 35.5 Å². The summed E-state index contributed by atoms with van der Waals surface area (Å²) in [6.45, 7) is 2.15. The first-order chi connectivity index (χ1) is 14.6. The van der Waals surface area contributed by atoms with Crippen LogP contribution in [-0.4, -0.2) is 39.2 Å². The Morgan fingerprint density at radius 1 is 1.23 bits per heavy atom. The first-order valence-electron chi connectivity index (χ1n) is 9.02. The second kappa shape index (κ2) is 9.61. The second-order valence-electron chi connectivity index (χ2n) is 6.66. The smallest absolute Gasteiger partial charge is 0.422 e. The topological polar surface area (TPSA) is 69.0 Å². The van der Waals surface area contributed by atoms with Crippen molar-refractivity contribution in [2.24, 2.45) is 0 Å². The number of anilines is 1. The third kappa shape index (κ3) is 6.38. The van der Waals surface area contributed by atoms with Crippen molar-refractivity contribution in [1.29, 1.82) is 0 Å². The molecule has 0 spiro atoms. The van der Waals surface area contributed by atoms with Crippen molar-refractivity contribution in [2.75, 3.05) is 17.7 Å². The van der Waals surface area contributed by atoms with Gasteiger partial charge in [0, 0.05) is 5.02 Å². The van der Waals surface area contributed by atoms with Gasteiger partial charge >= 0.3 is 6.18 Å². The Bertz CT molecular complexity index is 1090. The molecular weight excluding hydrogens is 453 g/mol. The van der Waals surface area contributed by atoms with Gasteiger partial charge < -0.3 is 10.1 Å². The van der Waals surface area contributed by atoms with E-state index < -0.39 is 18.7 Å². The van der Waals surface area contributed by atoms with Gasteiger partial charge in [-0.25, -0.2) is 0 Å². The zero-order chi connectivity index (χ0) is 22.6. The fourth-order valence-corrected chi connectivity index (χ4v) is 3.46. The van der Waals surface area contributed by atoms with Crippen LogP contribution >= 0.6 is 23.4 Å². The standard InChI is InChI=1S/C20H18ClF3N4O2S/c1-12-3-6-16(17(7-12)30-10-20(22,23)24)26-18(29)9-31-19-27-25-11-28(19)14-5-4-13(2)15(21)8-14/h3-8,11H,9-10H2,1-2H3,(H,26,29). The van der Waals surface area contributed by atoms with Crippen molar-refractivity contribution in [3.05, 3.63) is 58.9 Å². The fraction of sp³-hybridized carbons (Fsp3) is 0.250. The van der Waals surface area contributed by atoms with Crippen LogP contribution in [0.5, 0.6) is 5.75 Å². The highest BCUT2D eigenvalue weighted by molar-refractivity contribution is 7.99. The number of halogens is 4. The van der Waals surface area contributed by atoms with Crippen molar-refractivity contribution in [1.82, 2.24) is 14.8 Å². The van der Waals surface area contributed by atoms with Gasteiger partial charge in [0.15, 0.2) is 11.8 Å². The van der Waals surface area contributed by atoms with Crippen molar-refractivity contribution >= 4 is 35.0 Å². The largest absolute Gasteiger partial charge is 0.482 e. The van der Waals surface area contributed by atoms with Gasteiger partial charge in [0.1, 0.15) is 12.1 Å². The summed E-state index contributed by atoms with van der Waals surface area (Å²) in [5.74, 6) is -0.513. The minimum Gasteiger partial charge on any atom is -0.482 e. The molecule has 1 aromatic heterocycles. The van der Waals surface area contributed by atoms with Crippen molar-refractivity contribution < 1.29 is 22.7 Å². The van der Waals surface area contributed by atoms with E-state index in [4.69, 9.17) is 16.3 Å². The Labute approximate surface area is 185 Å². The van der Waals surface area contributed by atoms with Crippen molar-refractivity contribution in [3.63, 3.8) is 0 Å². The van der Waals surface area contributed by atoms with Crippen LogP contribution in [0.2, 0.25) is 5.02 Å². The summed E-state index contributed by atoms with van der Waals surface area (Å²) in [4.78, 5) is 12.4. The molecule has 2 aromatic carbocycles. The third-order valence-corrected chi connectivity index (χ3v) is 5.44. The quantitative estimate of drug-likeness (QED) is 0.480. The number of aromatic nitrogens is 3. The number of hydrogen-bond donors (Lipinski definition) is 1. The van der Waals surface area contributed by atoms with Crippen LogP contribution in [0.15, 0.2) is 47.9 Å². The number of rotatable bonds is 7. The van der Waals surface area contributed by atoms with Gasteiger partial charge in [0.2, 0.25) is 5.91 Å². The number of ether oxygens (including phenoxy) is 1. The molecule has 11 heteroatoms. The number of carbonyl (C=O) groups excluding carboxylic acids is 1. The highest BCUT2D eigenvalue weighted by atomic mass is 35.5. The maximum atomic E-state index is 12.5. The summed E-state index contributed by atoms with van der Waals surface area (Å²) in [6, 6.07) is 10.1. The molecule has 1 heterocycles. The first kappa shape index (κ1) is 23.0. The Morgan fingerprint density at radius 2 is 2.00 bits per heavy atom. The molecular formula is C20H18ClF3N4O2S. The van der Waals surface area contributed by atoms with E-state index in [9.17, 15) is 18.0 Å². The molecule has 0 saturated carbocycles. The zero-order valence-corrected chi connectivity index (χ0v) is 18.1. The highest BCUT2D eigenvalue weighted by Gasteiger charge is 2.29. The van der Waals surface area contributed by atoms with Crippen LogP contribution < -0.4 is 10.1 Å².